The molecule has 2 amide bonds. The minimum absolute atomic E-state index is 0.126. The molecule has 2 atom stereocenters. The van der Waals surface area contributed by atoms with Crippen LogP contribution < -0.4 is 15.4 Å². The lowest BCUT2D eigenvalue weighted by molar-refractivity contribution is -0.0563. The lowest BCUT2D eigenvalue weighted by Gasteiger charge is -2.44. The van der Waals surface area contributed by atoms with Crippen molar-refractivity contribution >= 4 is 23.6 Å². The van der Waals surface area contributed by atoms with E-state index in [1.165, 1.54) is 12.7 Å². The number of carbonyl (C=O) groups is 2. The van der Waals surface area contributed by atoms with Gasteiger partial charge in [0.2, 0.25) is 0 Å². The molecule has 0 bridgehead atoms. The molecule has 1 saturated heterocycles. The van der Waals surface area contributed by atoms with Crippen LogP contribution in [0, 0.1) is 5.92 Å². The number of aliphatic hydroxyl groups is 1. The largest absolute Gasteiger partial charge is 0.496 e. The Labute approximate surface area is 265 Å². The van der Waals surface area contributed by atoms with Crippen molar-refractivity contribution in [2.24, 2.45) is 5.92 Å². The number of alkyl carbamates (subject to hydrolysis) is 1. The van der Waals surface area contributed by atoms with Gasteiger partial charge in [-0.05, 0) is 79.6 Å². The smallest absolute Gasteiger partial charge is 0.406 e. The summed E-state index contributed by atoms with van der Waals surface area (Å²) in [5.41, 5.74) is 3.81. The predicted octanol–water partition coefficient (Wildman–Crippen LogP) is 6.17. The summed E-state index contributed by atoms with van der Waals surface area (Å²) in [5.74, 6) is 0.126. The van der Waals surface area contributed by atoms with Crippen molar-refractivity contribution in [2.45, 2.75) is 51.2 Å². The standard InChI is InChI=1S/C35H44ClN3O5/c1-5-24-10-6-11-26(20-24)32-29(13-7-14-30(32)36)35(42,17-9-18-38-34(41)44-4)27-12-8-19-39(23-27)33(40)28-16-15-25(22-37-2)21-31(28)43-3/h6-7,10-11,13-16,20-21,27,37,42H,5,8-9,12,17-19,22-23H2,1-4H3,(H,38,41)/t27-,35+/m1/s1. The molecule has 0 spiro atoms. The van der Waals surface area contributed by atoms with Crippen LogP contribution in [0.25, 0.3) is 11.1 Å². The van der Waals surface area contributed by atoms with Crippen molar-refractivity contribution < 1.29 is 24.2 Å². The molecule has 1 aliphatic rings. The van der Waals surface area contributed by atoms with E-state index in [9.17, 15) is 14.7 Å². The first-order valence-corrected chi connectivity index (χ1v) is 15.7. The van der Waals surface area contributed by atoms with Crippen LogP contribution in [0.3, 0.4) is 0 Å². The summed E-state index contributed by atoms with van der Waals surface area (Å²) in [7, 11) is 4.77. The molecule has 8 nitrogen and oxygen atoms in total. The first-order chi connectivity index (χ1) is 21.2. The number of hydrogen-bond donors (Lipinski definition) is 3. The lowest BCUT2D eigenvalue weighted by Crippen LogP contribution is -2.48. The number of nitrogens with one attached hydrogen (secondary N) is 2. The number of hydrogen-bond acceptors (Lipinski definition) is 6. The molecule has 9 heteroatoms. The van der Waals surface area contributed by atoms with Gasteiger partial charge in [0.05, 0.1) is 25.4 Å². The zero-order valence-corrected chi connectivity index (χ0v) is 26.9. The maximum absolute atomic E-state index is 13.9. The van der Waals surface area contributed by atoms with Crippen molar-refractivity contribution in [1.82, 2.24) is 15.5 Å². The molecule has 1 aliphatic heterocycles. The number of piperidine rings is 1. The molecule has 44 heavy (non-hydrogen) atoms. The minimum atomic E-state index is -1.33. The van der Waals surface area contributed by atoms with Gasteiger partial charge in [0.25, 0.3) is 5.91 Å². The number of aryl methyl sites for hydroxylation is 1. The molecule has 0 aliphatic carbocycles. The highest BCUT2D eigenvalue weighted by molar-refractivity contribution is 6.33. The summed E-state index contributed by atoms with van der Waals surface area (Å²) >= 11 is 6.89. The molecule has 1 heterocycles. The average molecular weight is 622 g/mol. The number of likely N-dealkylation sites (tertiary alicyclic amines) is 1. The number of halogens is 1. The van der Waals surface area contributed by atoms with Crippen LogP contribution in [-0.2, 0) is 23.3 Å². The monoisotopic (exact) mass is 621 g/mol. The van der Waals surface area contributed by atoms with Gasteiger partial charge < -0.3 is 30.1 Å². The summed E-state index contributed by atoms with van der Waals surface area (Å²) in [6.45, 7) is 4.05. The summed E-state index contributed by atoms with van der Waals surface area (Å²) in [4.78, 5) is 27.5. The van der Waals surface area contributed by atoms with E-state index < -0.39 is 11.7 Å². The second-order valence-corrected chi connectivity index (χ2v) is 11.7. The third-order valence-electron chi connectivity index (χ3n) is 8.55. The van der Waals surface area contributed by atoms with E-state index in [1.807, 2.05) is 60.5 Å². The molecular formula is C35H44ClN3O5. The number of ether oxygens (including phenoxy) is 2. The SMILES string of the molecule is CCc1cccc(-c2c(Cl)cccc2[C@](O)(CCCNC(=O)OC)[C@@H]2CCCN(C(=O)c3ccc(CNC)cc3OC)C2)c1. The molecule has 0 aromatic heterocycles. The van der Waals surface area contributed by atoms with E-state index in [2.05, 4.69) is 29.7 Å². The van der Waals surface area contributed by atoms with Gasteiger partial charge >= 0.3 is 6.09 Å². The van der Waals surface area contributed by atoms with Gasteiger partial charge in [-0.3, -0.25) is 4.79 Å². The molecule has 1 fully saturated rings. The fourth-order valence-corrected chi connectivity index (χ4v) is 6.54. The zero-order valence-electron chi connectivity index (χ0n) is 26.1. The quantitative estimate of drug-likeness (QED) is 0.209. The Kier molecular flexibility index (Phi) is 11.7. The molecule has 236 valence electrons. The average Bonchev–Trinajstić information content (AvgIpc) is 3.06. The first-order valence-electron chi connectivity index (χ1n) is 15.3. The van der Waals surface area contributed by atoms with Crippen LogP contribution in [0.1, 0.15) is 59.7 Å². The maximum Gasteiger partial charge on any atom is 0.406 e. The predicted molar refractivity (Wildman–Crippen MR) is 174 cm³/mol. The van der Waals surface area contributed by atoms with Crippen molar-refractivity contribution in [2.75, 3.05) is 40.9 Å². The fourth-order valence-electron chi connectivity index (χ4n) is 6.25. The molecule has 0 saturated carbocycles. The van der Waals surface area contributed by atoms with Crippen LogP contribution >= 0.6 is 11.6 Å². The van der Waals surface area contributed by atoms with Crippen LogP contribution in [0.5, 0.6) is 5.75 Å². The van der Waals surface area contributed by atoms with Crippen molar-refractivity contribution in [3.63, 3.8) is 0 Å². The number of benzene rings is 3. The van der Waals surface area contributed by atoms with Gasteiger partial charge in [-0.2, -0.15) is 0 Å². The van der Waals surface area contributed by atoms with Gasteiger partial charge in [0.15, 0.2) is 0 Å². The number of rotatable bonds is 12. The van der Waals surface area contributed by atoms with Crippen molar-refractivity contribution in [3.8, 4) is 16.9 Å². The topological polar surface area (TPSA) is 100 Å². The van der Waals surface area contributed by atoms with Gasteiger partial charge in [-0.1, -0.05) is 61.0 Å². The van der Waals surface area contributed by atoms with Crippen LogP contribution in [-0.4, -0.2) is 62.9 Å². The van der Waals surface area contributed by atoms with Crippen molar-refractivity contribution in [1.29, 1.82) is 0 Å². The van der Waals surface area contributed by atoms with E-state index in [1.54, 1.807) is 7.11 Å². The van der Waals surface area contributed by atoms with E-state index in [0.29, 0.717) is 55.4 Å². The minimum Gasteiger partial charge on any atom is -0.496 e. The summed E-state index contributed by atoms with van der Waals surface area (Å²) < 4.78 is 10.3. The van der Waals surface area contributed by atoms with Gasteiger partial charge in [-0.25, -0.2) is 4.79 Å². The molecule has 0 radical (unpaired) electrons. The lowest BCUT2D eigenvalue weighted by atomic mass is 9.72. The third kappa shape index (κ3) is 7.54. The fraction of sp³-hybridized carbons (Fsp3) is 0.429. The highest BCUT2D eigenvalue weighted by Gasteiger charge is 2.43. The normalized spacial score (nSPS) is 16.2. The van der Waals surface area contributed by atoms with Gasteiger partial charge in [0, 0.05) is 42.7 Å². The Morgan fingerprint density at radius 3 is 2.61 bits per heavy atom. The Morgan fingerprint density at radius 1 is 1.09 bits per heavy atom. The Morgan fingerprint density at radius 2 is 1.89 bits per heavy atom. The van der Waals surface area contributed by atoms with Gasteiger partial charge in [0.1, 0.15) is 5.75 Å². The van der Waals surface area contributed by atoms with Crippen LogP contribution in [0.2, 0.25) is 5.02 Å². The molecule has 3 aromatic rings. The van der Waals surface area contributed by atoms with E-state index in [0.717, 1.165) is 41.5 Å². The van der Waals surface area contributed by atoms with Crippen LogP contribution in [0.15, 0.2) is 60.7 Å². The zero-order chi connectivity index (χ0) is 31.7. The van der Waals surface area contributed by atoms with Crippen molar-refractivity contribution in [3.05, 3.63) is 87.9 Å². The Bertz CT molecular complexity index is 1450. The van der Waals surface area contributed by atoms with Gasteiger partial charge in [-0.15, -0.1) is 0 Å². The molecule has 0 unspecified atom stereocenters. The Balaban J connectivity index is 1.71. The number of carbonyl (C=O) groups excluding carboxylic acids is 2. The number of amides is 2. The van der Waals surface area contributed by atoms with E-state index >= 15 is 0 Å². The highest BCUT2D eigenvalue weighted by atomic mass is 35.5. The highest BCUT2D eigenvalue weighted by Crippen LogP contribution is 2.46. The molecular weight excluding hydrogens is 578 g/mol. The Hall–Kier alpha value is -3.59. The second-order valence-electron chi connectivity index (χ2n) is 11.3. The molecule has 3 N–H and O–H groups in total. The molecule has 4 rings (SSSR count). The summed E-state index contributed by atoms with van der Waals surface area (Å²) in [6, 6.07) is 19.5. The number of nitrogens with zero attached hydrogens (tertiary/aromatic N) is 1. The summed E-state index contributed by atoms with van der Waals surface area (Å²) in [5, 5.41) is 19.2. The molecule has 3 aromatic carbocycles. The maximum atomic E-state index is 13.9. The number of methoxy groups -OCH3 is 2. The van der Waals surface area contributed by atoms with E-state index in [-0.39, 0.29) is 11.8 Å². The third-order valence-corrected chi connectivity index (χ3v) is 8.87. The summed E-state index contributed by atoms with van der Waals surface area (Å²) in [6.07, 6.45) is 2.67. The van der Waals surface area contributed by atoms with Crippen LogP contribution in [0.4, 0.5) is 4.79 Å². The second kappa shape index (κ2) is 15.4. The first kappa shape index (κ1) is 33.3. The van der Waals surface area contributed by atoms with E-state index in [4.69, 9.17) is 21.1 Å².